The van der Waals surface area contributed by atoms with Crippen molar-refractivity contribution in [2.45, 2.75) is 20.3 Å². The molecule has 0 aliphatic rings. The lowest BCUT2D eigenvalue weighted by atomic mass is 10.00. The van der Waals surface area contributed by atoms with Crippen LogP contribution in [0.1, 0.15) is 35.3 Å². The molecule has 0 fully saturated rings. The highest BCUT2D eigenvalue weighted by Gasteiger charge is 2.13. The van der Waals surface area contributed by atoms with Gasteiger partial charge in [-0.1, -0.05) is 13.0 Å². The van der Waals surface area contributed by atoms with Gasteiger partial charge in [0.05, 0.1) is 23.8 Å². The Morgan fingerprint density at radius 2 is 2.20 bits per heavy atom. The minimum atomic E-state index is -0.355. The maximum absolute atomic E-state index is 11.6. The lowest BCUT2D eigenvalue weighted by Gasteiger charge is -2.08. The molecule has 0 aliphatic heterocycles. The second-order valence-corrected chi connectivity index (χ2v) is 3.02. The summed E-state index contributed by atoms with van der Waals surface area (Å²) >= 11 is 0. The molecule has 15 heavy (non-hydrogen) atoms. The topological polar surface area (TPSA) is 50.1 Å². The fourth-order valence-corrected chi connectivity index (χ4v) is 1.47. The summed E-state index contributed by atoms with van der Waals surface area (Å²) in [5.74, 6) is -0.355. The van der Waals surface area contributed by atoms with Crippen molar-refractivity contribution in [1.29, 1.82) is 5.26 Å². The quantitative estimate of drug-likeness (QED) is 0.708. The number of carbonyl (C=O) groups is 1. The van der Waals surface area contributed by atoms with E-state index in [0.717, 1.165) is 5.56 Å². The molecule has 0 heterocycles. The van der Waals surface area contributed by atoms with E-state index in [1.807, 2.05) is 6.92 Å². The molecule has 0 saturated carbocycles. The third kappa shape index (κ3) is 2.35. The molecule has 0 aromatic heterocycles. The van der Waals surface area contributed by atoms with Crippen molar-refractivity contribution < 1.29 is 9.53 Å². The molecule has 3 heteroatoms. The molecule has 0 radical (unpaired) electrons. The first-order valence-corrected chi connectivity index (χ1v) is 4.93. The fourth-order valence-electron chi connectivity index (χ4n) is 1.47. The molecule has 0 saturated heterocycles. The maximum atomic E-state index is 11.6. The van der Waals surface area contributed by atoms with Gasteiger partial charge in [-0.15, -0.1) is 0 Å². The molecule has 1 rings (SSSR count). The number of hydrogen-bond donors (Lipinski definition) is 0. The van der Waals surface area contributed by atoms with Gasteiger partial charge in [-0.2, -0.15) is 5.26 Å². The molecule has 0 amide bonds. The van der Waals surface area contributed by atoms with Crippen molar-refractivity contribution in [3.63, 3.8) is 0 Å². The predicted molar refractivity (Wildman–Crippen MR) is 56.5 cm³/mol. The van der Waals surface area contributed by atoms with Gasteiger partial charge in [0.25, 0.3) is 0 Å². The van der Waals surface area contributed by atoms with Crippen LogP contribution in [-0.2, 0) is 11.2 Å². The summed E-state index contributed by atoms with van der Waals surface area (Å²) in [4.78, 5) is 11.6. The van der Waals surface area contributed by atoms with Crippen LogP contribution in [0.3, 0.4) is 0 Å². The van der Waals surface area contributed by atoms with Crippen LogP contribution in [0.5, 0.6) is 0 Å². The Kier molecular flexibility index (Phi) is 3.87. The van der Waals surface area contributed by atoms with E-state index in [0.29, 0.717) is 24.2 Å². The molecule has 0 bridgehead atoms. The highest BCUT2D eigenvalue weighted by Crippen LogP contribution is 2.16. The second-order valence-electron chi connectivity index (χ2n) is 3.02. The molecule has 3 nitrogen and oxygen atoms in total. The Labute approximate surface area is 89.3 Å². The van der Waals surface area contributed by atoms with Crippen molar-refractivity contribution in [2.75, 3.05) is 6.61 Å². The van der Waals surface area contributed by atoms with E-state index in [9.17, 15) is 4.79 Å². The average molecular weight is 203 g/mol. The SMILES string of the molecule is CCOC(=O)c1cccc(C#N)c1CC. The fraction of sp³-hybridized carbons (Fsp3) is 0.333. The van der Waals surface area contributed by atoms with E-state index in [2.05, 4.69) is 6.07 Å². The molecule has 0 atom stereocenters. The monoisotopic (exact) mass is 203 g/mol. The van der Waals surface area contributed by atoms with Crippen LogP contribution in [-0.4, -0.2) is 12.6 Å². The Bertz CT molecular complexity index is 405. The normalized spacial score (nSPS) is 9.40. The maximum Gasteiger partial charge on any atom is 0.338 e. The third-order valence-corrected chi connectivity index (χ3v) is 2.15. The first kappa shape index (κ1) is 11.3. The molecule has 0 N–H and O–H groups in total. The highest BCUT2D eigenvalue weighted by molar-refractivity contribution is 5.91. The van der Waals surface area contributed by atoms with E-state index < -0.39 is 0 Å². The second kappa shape index (κ2) is 5.16. The van der Waals surface area contributed by atoms with Crippen molar-refractivity contribution in [3.8, 4) is 6.07 Å². The lowest BCUT2D eigenvalue weighted by Crippen LogP contribution is -2.09. The molecule has 78 valence electrons. The summed E-state index contributed by atoms with van der Waals surface area (Å²) in [6.07, 6.45) is 0.651. The first-order chi connectivity index (χ1) is 7.24. The minimum Gasteiger partial charge on any atom is -0.462 e. The van der Waals surface area contributed by atoms with E-state index in [1.165, 1.54) is 0 Å². The van der Waals surface area contributed by atoms with Gasteiger partial charge < -0.3 is 4.74 Å². The number of benzene rings is 1. The average Bonchev–Trinajstić information content (AvgIpc) is 2.28. The number of esters is 1. The number of nitrogens with zero attached hydrogens (tertiary/aromatic N) is 1. The molecular weight excluding hydrogens is 190 g/mol. The highest BCUT2D eigenvalue weighted by atomic mass is 16.5. The molecule has 1 aromatic carbocycles. The predicted octanol–water partition coefficient (Wildman–Crippen LogP) is 2.30. The van der Waals surface area contributed by atoms with Crippen molar-refractivity contribution >= 4 is 5.97 Å². The van der Waals surface area contributed by atoms with Crippen LogP contribution in [0, 0.1) is 11.3 Å². The Morgan fingerprint density at radius 3 is 2.73 bits per heavy atom. The van der Waals surface area contributed by atoms with Crippen molar-refractivity contribution in [1.82, 2.24) is 0 Å². The van der Waals surface area contributed by atoms with E-state index in [-0.39, 0.29) is 5.97 Å². The Hall–Kier alpha value is -1.82. The van der Waals surface area contributed by atoms with Crippen LogP contribution in [0.2, 0.25) is 0 Å². The van der Waals surface area contributed by atoms with Gasteiger partial charge in [0.1, 0.15) is 0 Å². The summed E-state index contributed by atoms with van der Waals surface area (Å²) in [6, 6.07) is 7.18. The number of rotatable bonds is 3. The zero-order valence-electron chi connectivity index (χ0n) is 8.91. The molecule has 0 unspecified atom stereocenters. The van der Waals surface area contributed by atoms with Crippen molar-refractivity contribution in [2.24, 2.45) is 0 Å². The van der Waals surface area contributed by atoms with Crippen molar-refractivity contribution in [3.05, 3.63) is 34.9 Å². The molecule has 0 aliphatic carbocycles. The number of hydrogen-bond acceptors (Lipinski definition) is 3. The number of carbonyl (C=O) groups excluding carboxylic acids is 1. The van der Waals surface area contributed by atoms with E-state index in [4.69, 9.17) is 10.00 Å². The van der Waals surface area contributed by atoms with Gasteiger partial charge in [0, 0.05) is 0 Å². The first-order valence-electron chi connectivity index (χ1n) is 4.93. The summed E-state index contributed by atoms with van der Waals surface area (Å²) < 4.78 is 4.92. The van der Waals surface area contributed by atoms with Gasteiger partial charge in [-0.3, -0.25) is 0 Å². The summed E-state index contributed by atoms with van der Waals surface area (Å²) in [6.45, 7) is 4.02. The molecule has 0 spiro atoms. The van der Waals surface area contributed by atoms with Gasteiger partial charge in [0.2, 0.25) is 0 Å². The molecular formula is C12H13NO2. The summed E-state index contributed by atoms with van der Waals surface area (Å²) in [5, 5.41) is 8.88. The zero-order chi connectivity index (χ0) is 11.3. The lowest BCUT2D eigenvalue weighted by molar-refractivity contribution is 0.0525. The zero-order valence-corrected chi connectivity index (χ0v) is 8.91. The Morgan fingerprint density at radius 1 is 1.47 bits per heavy atom. The third-order valence-electron chi connectivity index (χ3n) is 2.15. The van der Waals surface area contributed by atoms with Gasteiger partial charge in [-0.05, 0) is 31.0 Å². The smallest absolute Gasteiger partial charge is 0.338 e. The van der Waals surface area contributed by atoms with Crippen LogP contribution in [0.25, 0.3) is 0 Å². The minimum absolute atomic E-state index is 0.346. The van der Waals surface area contributed by atoms with E-state index in [1.54, 1.807) is 25.1 Å². The van der Waals surface area contributed by atoms with Gasteiger partial charge >= 0.3 is 5.97 Å². The van der Waals surface area contributed by atoms with Gasteiger partial charge in [0.15, 0.2) is 0 Å². The largest absolute Gasteiger partial charge is 0.462 e. The van der Waals surface area contributed by atoms with Crippen LogP contribution in [0.15, 0.2) is 18.2 Å². The van der Waals surface area contributed by atoms with Crippen LogP contribution < -0.4 is 0 Å². The summed E-state index contributed by atoms with van der Waals surface area (Å²) in [5.41, 5.74) is 1.81. The van der Waals surface area contributed by atoms with Gasteiger partial charge in [-0.25, -0.2) is 4.79 Å². The number of ether oxygens (including phenoxy) is 1. The molecule has 1 aromatic rings. The van der Waals surface area contributed by atoms with Crippen LogP contribution in [0.4, 0.5) is 0 Å². The standard InChI is InChI=1S/C12H13NO2/c1-3-10-9(8-13)6-5-7-11(10)12(14)15-4-2/h5-7H,3-4H2,1-2H3. The Balaban J connectivity index is 3.18. The summed E-state index contributed by atoms with van der Waals surface area (Å²) in [7, 11) is 0. The van der Waals surface area contributed by atoms with E-state index >= 15 is 0 Å². The number of nitriles is 1. The van der Waals surface area contributed by atoms with Crippen LogP contribution >= 0.6 is 0 Å².